The summed E-state index contributed by atoms with van der Waals surface area (Å²) in [5.74, 6) is 0. The summed E-state index contributed by atoms with van der Waals surface area (Å²) in [7, 11) is 0. The molecule has 2 aromatic heterocycles. The monoisotopic (exact) mass is 478 g/mol. The Kier molecular flexibility index (Phi) is 4.76. The van der Waals surface area contributed by atoms with Crippen molar-refractivity contribution in [1.29, 1.82) is 0 Å². The molecule has 170 valence electrons. The SMILES string of the molecule is CC(C)(C)c1cccc2c1sc1cc(-c3cc(C(C)(C)C)c4c(c3)sc3ccccc34)ccc12. The largest absolute Gasteiger partial charge is 0.135 e. The highest BCUT2D eigenvalue weighted by atomic mass is 32.1. The first-order valence-corrected chi connectivity index (χ1v) is 13.7. The molecule has 0 saturated heterocycles. The predicted molar refractivity (Wildman–Crippen MR) is 155 cm³/mol. The number of fused-ring (bicyclic) bond motifs is 6. The van der Waals surface area contributed by atoms with E-state index < -0.39 is 0 Å². The summed E-state index contributed by atoms with van der Waals surface area (Å²) in [6.07, 6.45) is 0. The second kappa shape index (κ2) is 7.41. The van der Waals surface area contributed by atoms with E-state index in [-0.39, 0.29) is 10.8 Å². The smallest absolute Gasteiger partial charge is 0.0392 e. The second-order valence-electron chi connectivity index (χ2n) is 11.5. The molecule has 0 aliphatic rings. The summed E-state index contributed by atoms with van der Waals surface area (Å²) in [6.45, 7) is 13.9. The number of hydrogen-bond acceptors (Lipinski definition) is 2. The van der Waals surface area contributed by atoms with Gasteiger partial charge in [0.1, 0.15) is 0 Å². The van der Waals surface area contributed by atoms with Crippen LogP contribution in [-0.4, -0.2) is 0 Å². The third-order valence-electron chi connectivity index (χ3n) is 6.93. The normalized spacial score (nSPS) is 13.0. The van der Waals surface area contributed by atoms with Gasteiger partial charge in [0, 0.05) is 40.3 Å². The zero-order valence-corrected chi connectivity index (χ0v) is 22.4. The predicted octanol–water partition coefficient (Wildman–Crippen LogP) is 10.7. The van der Waals surface area contributed by atoms with Crippen LogP contribution in [0.3, 0.4) is 0 Å². The fourth-order valence-corrected chi connectivity index (χ4v) is 7.82. The summed E-state index contributed by atoms with van der Waals surface area (Å²) in [5.41, 5.74) is 5.71. The van der Waals surface area contributed by atoms with Crippen LogP contribution in [0.15, 0.2) is 72.8 Å². The summed E-state index contributed by atoms with van der Waals surface area (Å²) in [6, 6.07) is 27.5. The highest BCUT2D eigenvalue weighted by molar-refractivity contribution is 7.26. The molecule has 4 aromatic carbocycles. The van der Waals surface area contributed by atoms with E-state index in [0.29, 0.717) is 0 Å². The van der Waals surface area contributed by atoms with Crippen molar-refractivity contribution in [3.63, 3.8) is 0 Å². The molecule has 0 N–H and O–H groups in total. The van der Waals surface area contributed by atoms with E-state index in [1.807, 2.05) is 22.7 Å². The lowest BCUT2D eigenvalue weighted by Crippen LogP contribution is -2.11. The van der Waals surface area contributed by atoms with E-state index in [4.69, 9.17) is 0 Å². The fourth-order valence-electron chi connectivity index (χ4n) is 5.18. The Hall–Kier alpha value is -2.68. The average Bonchev–Trinajstić information content (AvgIpc) is 3.34. The van der Waals surface area contributed by atoms with Gasteiger partial charge in [0.2, 0.25) is 0 Å². The summed E-state index contributed by atoms with van der Waals surface area (Å²) in [4.78, 5) is 0. The van der Waals surface area contributed by atoms with Crippen LogP contribution in [0.4, 0.5) is 0 Å². The minimum atomic E-state index is 0.0709. The quantitative estimate of drug-likeness (QED) is 0.220. The van der Waals surface area contributed by atoms with Crippen LogP contribution in [0.25, 0.3) is 51.5 Å². The summed E-state index contributed by atoms with van der Waals surface area (Å²) in [5, 5.41) is 5.56. The Bertz CT molecular complexity index is 1710. The number of benzene rings is 4. The molecule has 0 unspecified atom stereocenters. The molecule has 0 bridgehead atoms. The van der Waals surface area contributed by atoms with E-state index in [0.717, 1.165) is 0 Å². The highest BCUT2D eigenvalue weighted by Crippen LogP contribution is 2.45. The molecule has 0 nitrogen and oxygen atoms in total. The summed E-state index contributed by atoms with van der Waals surface area (Å²) >= 11 is 3.86. The van der Waals surface area contributed by atoms with E-state index in [1.165, 1.54) is 62.6 Å². The summed E-state index contributed by atoms with van der Waals surface area (Å²) < 4.78 is 5.56. The van der Waals surface area contributed by atoms with E-state index in [9.17, 15) is 0 Å². The molecule has 2 heteroatoms. The molecule has 6 rings (SSSR count). The fraction of sp³-hybridized carbons (Fsp3) is 0.250. The van der Waals surface area contributed by atoms with Crippen molar-refractivity contribution in [2.75, 3.05) is 0 Å². The van der Waals surface area contributed by atoms with Gasteiger partial charge < -0.3 is 0 Å². The number of hydrogen-bond donors (Lipinski definition) is 0. The average molecular weight is 479 g/mol. The highest BCUT2D eigenvalue weighted by Gasteiger charge is 2.22. The molecule has 6 aromatic rings. The molecular formula is C32H30S2. The molecule has 0 fully saturated rings. The third-order valence-corrected chi connectivity index (χ3v) is 9.25. The molecular weight excluding hydrogens is 448 g/mol. The van der Waals surface area contributed by atoms with Gasteiger partial charge in [0.15, 0.2) is 0 Å². The maximum absolute atomic E-state index is 2.44. The van der Waals surface area contributed by atoms with E-state index >= 15 is 0 Å². The lowest BCUT2D eigenvalue weighted by atomic mass is 9.82. The lowest BCUT2D eigenvalue weighted by Gasteiger charge is -2.22. The first-order valence-electron chi connectivity index (χ1n) is 12.0. The van der Waals surface area contributed by atoms with Crippen molar-refractivity contribution in [1.82, 2.24) is 0 Å². The van der Waals surface area contributed by atoms with Gasteiger partial charge in [-0.1, -0.05) is 90.1 Å². The lowest BCUT2D eigenvalue weighted by molar-refractivity contribution is 0.596. The van der Waals surface area contributed by atoms with Crippen LogP contribution < -0.4 is 0 Å². The van der Waals surface area contributed by atoms with Crippen LogP contribution in [0, 0.1) is 0 Å². The van der Waals surface area contributed by atoms with Crippen LogP contribution in [0.5, 0.6) is 0 Å². The molecule has 2 heterocycles. The second-order valence-corrected chi connectivity index (χ2v) is 13.6. The van der Waals surface area contributed by atoms with Crippen LogP contribution in [0.2, 0.25) is 0 Å². The van der Waals surface area contributed by atoms with Gasteiger partial charge >= 0.3 is 0 Å². The topological polar surface area (TPSA) is 0 Å². The Morgan fingerprint density at radius 2 is 1.21 bits per heavy atom. The van der Waals surface area contributed by atoms with Crippen molar-refractivity contribution >= 4 is 63.0 Å². The van der Waals surface area contributed by atoms with Gasteiger partial charge in [0.05, 0.1) is 0 Å². The molecule has 0 radical (unpaired) electrons. The molecule has 0 aliphatic heterocycles. The maximum atomic E-state index is 2.44. The minimum Gasteiger partial charge on any atom is -0.135 e. The van der Waals surface area contributed by atoms with Gasteiger partial charge in [-0.25, -0.2) is 0 Å². The van der Waals surface area contributed by atoms with Crippen LogP contribution in [-0.2, 0) is 10.8 Å². The molecule has 0 amide bonds. The molecule has 0 spiro atoms. The van der Waals surface area contributed by atoms with Crippen molar-refractivity contribution in [3.05, 3.63) is 83.9 Å². The Balaban J connectivity index is 1.61. The number of thiophene rings is 2. The van der Waals surface area contributed by atoms with Gasteiger partial charge in [0.25, 0.3) is 0 Å². The molecule has 0 aliphatic carbocycles. The molecule has 0 atom stereocenters. The Morgan fingerprint density at radius 3 is 1.97 bits per heavy atom. The third kappa shape index (κ3) is 3.39. The zero-order chi connectivity index (χ0) is 23.8. The van der Waals surface area contributed by atoms with Crippen molar-refractivity contribution in [2.24, 2.45) is 0 Å². The Labute approximate surface area is 209 Å². The first kappa shape index (κ1) is 21.8. The van der Waals surface area contributed by atoms with Crippen molar-refractivity contribution in [2.45, 2.75) is 52.4 Å². The van der Waals surface area contributed by atoms with Gasteiger partial charge in [-0.3, -0.25) is 0 Å². The van der Waals surface area contributed by atoms with Crippen LogP contribution >= 0.6 is 22.7 Å². The van der Waals surface area contributed by atoms with Crippen molar-refractivity contribution in [3.8, 4) is 11.1 Å². The standard InChI is InChI=1S/C32H30S2/c1-31(2,3)24-12-9-11-22-21-15-14-19(17-27(21)34-30(22)24)20-16-25(32(4,5)6)29-23-10-7-8-13-26(23)33-28(29)18-20/h7-18H,1-6H3. The van der Waals surface area contributed by atoms with Crippen molar-refractivity contribution < 1.29 is 0 Å². The van der Waals surface area contributed by atoms with E-state index in [2.05, 4.69) is 114 Å². The molecule has 0 saturated carbocycles. The van der Waals surface area contributed by atoms with Gasteiger partial charge in [-0.2, -0.15) is 0 Å². The minimum absolute atomic E-state index is 0.0709. The van der Waals surface area contributed by atoms with Crippen LogP contribution in [0.1, 0.15) is 52.7 Å². The Morgan fingerprint density at radius 1 is 0.500 bits per heavy atom. The number of rotatable bonds is 1. The van der Waals surface area contributed by atoms with Gasteiger partial charge in [-0.05, 0) is 57.3 Å². The first-order chi connectivity index (χ1) is 16.1. The van der Waals surface area contributed by atoms with E-state index in [1.54, 1.807) is 0 Å². The zero-order valence-electron chi connectivity index (χ0n) is 20.7. The van der Waals surface area contributed by atoms with Gasteiger partial charge in [-0.15, -0.1) is 22.7 Å². The maximum Gasteiger partial charge on any atom is 0.0392 e. The molecule has 34 heavy (non-hydrogen) atoms.